The van der Waals surface area contributed by atoms with Gasteiger partial charge in [-0.3, -0.25) is 5.01 Å². The molecule has 18 heavy (non-hydrogen) atoms. The number of aromatic nitrogens is 2. The largest absolute Gasteiger partial charge is 0.297 e. The quantitative estimate of drug-likeness (QED) is 0.806. The molecule has 3 nitrogen and oxygen atoms in total. The topological polar surface area (TPSA) is 21.1 Å². The highest BCUT2D eigenvalue weighted by Crippen LogP contribution is 2.22. The van der Waals surface area contributed by atoms with Crippen molar-refractivity contribution in [1.82, 2.24) is 9.89 Å². The molecule has 2 heterocycles. The van der Waals surface area contributed by atoms with Gasteiger partial charge in [0.05, 0.1) is 11.9 Å². The molecular formula is C15H19N3. The smallest absolute Gasteiger partial charge is 0.0693 e. The summed E-state index contributed by atoms with van der Waals surface area (Å²) < 4.78 is 0. The Labute approximate surface area is 108 Å². The van der Waals surface area contributed by atoms with Crippen LogP contribution >= 0.6 is 0 Å². The lowest BCUT2D eigenvalue weighted by molar-refractivity contribution is 0.447. The predicted octanol–water partition coefficient (Wildman–Crippen LogP) is 2.98. The summed E-state index contributed by atoms with van der Waals surface area (Å²) in [6.45, 7) is 4.33. The zero-order valence-electron chi connectivity index (χ0n) is 10.8. The minimum atomic E-state index is 1.10. The molecule has 0 radical (unpaired) electrons. The van der Waals surface area contributed by atoms with Gasteiger partial charge >= 0.3 is 0 Å². The summed E-state index contributed by atoms with van der Waals surface area (Å²) in [7, 11) is 0. The van der Waals surface area contributed by atoms with Gasteiger partial charge < -0.3 is 0 Å². The Morgan fingerprint density at radius 3 is 2.44 bits per heavy atom. The second-order valence-corrected chi connectivity index (χ2v) is 4.93. The maximum Gasteiger partial charge on any atom is 0.0693 e. The Morgan fingerprint density at radius 2 is 1.72 bits per heavy atom. The van der Waals surface area contributed by atoms with Gasteiger partial charge in [-0.05, 0) is 31.7 Å². The van der Waals surface area contributed by atoms with Crippen molar-refractivity contribution < 1.29 is 0 Å². The highest BCUT2D eigenvalue weighted by atomic mass is 15.7. The molecule has 0 bridgehead atoms. The van der Waals surface area contributed by atoms with E-state index in [0.717, 1.165) is 18.8 Å². The molecule has 0 unspecified atom stereocenters. The first-order valence-corrected chi connectivity index (χ1v) is 6.71. The van der Waals surface area contributed by atoms with Gasteiger partial charge in [-0.25, -0.2) is 0 Å². The fraction of sp³-hybridized carbons (Fsp3) is 0.400. The summed E-state index contributed by atoms with van der Waals surface area (Å²) in [5, 5.41) is 6.99. The molecule has 1 fully saturated rings. The van der Waals surface area contributed by atoms with E-state index in [1.165, 1.54) is 30.4 Å². The van der Waals surface area contributed by atoms with E-state index in [1.54, 1.807) is 0 Å². The summed E-state index contributed by atoms with van der Waals surface area (Å²) in [6, 6.07) is 10.5. The number of piperidine rings is 1. The summed E-state index contributed by atoms with van der Waals surface area (Å²) in [5.41, 5.74) is 3.59. The van der Waals surface area contributed by atoms with Crippen molar-refractivity contribution in [1.29, 1.82) is 0 Å². The van der Waals surface area contributed by atoms with Gasteiger partial charge in [0, 0.05) is 18.7 Å². The monoisotopic (exact) mass is 241 g/mol. The molecule has 1 aromatic heterocycles. The molecule has 1 aliphatic rings. The van der Waals surface area contributed by atoms with E-state index in [2.05, 4.69) is 47.5 Å². The number of nitrogens with zero attached hydrogens (tertiary/aromatic N) is 3. The Morgan fingerprint density at radius 1 is 1.00 bits per heavy atom. The average molecular weight is 241 g/mol. The van der Waals surface area contributed by atoms with Gasteiger partial charge in [0.25, 0.3) is 0 Å². The molecule has 1 saturated heterocycles. The third-order valence-electron chi connectivity index (χ3n) is 3.59. The first-order valence-electron chi connectivity index (χ1n) is 6.71. The van der Waals surface area contributed by atoms with Crippen LogP contribution < -0.4 is 5.01 Å². The molecule has 0 N–H and O–H groups in total. The van der Waals surface area contributed by atoms with Gasteiger partial charge in [-0.1, -0.05) is 30.3 Å². The van der Waals surface area contributed by atoms with E-state index in [4.69, 9.17) is 0 Å². The number of hydrogen-bond acceptors (Lipinski definition) is 2. The van der Waals surface area contributed by atoms with Gasteiger partial charge in [-0.15, -0.1) is 0 Å². The molecular weight excluding hydrogens is 222 g/mol. The van der Waals surface area contributed by atoms with E-state index < -0.39 is 0 Å². The van der Waals surface area contributed by atoms with Gasteiger partial charge in [0.15, 0.2) is 0 Å². The van der Waals surface area contributed by atoms with Crippen LogP contribution in [0.4, 0.5) is 0 Å². The molecule has 0 spiro atoms. The zero-order chi connectivity index (χ0) is 12.4. The highest BCUT2D eigenvalue weighted by molar-refractivity contribution is 5.64. The van der Waals surface area contributed by atoms with E-state index >= 15 is 0 Å². The van der Waals surface area contributed by atoms with Crippen molar-refractivity contribution in [2.75, 3.05) is 18.1 Å². The Bertz CT molecular complexity index is 510. The standard InChI is InChI=1S/C15H19N3/c1-13-15(14-8-4-2-5-9-14)12-18(16-13)17-10-6-3-7-11-17/h2,4-5,8-9,12H,3,6-7,10-11H2,1H3. The predicted molar refractivity (Wildman–Crippen MR) is 74.2 cm³/mol. The van der Waals surface area contributed by atoms with Crippen LogP contribution in [0.15, 0.2) is 36.5 Å². The maximum atomic E-state index is 4.65. The van der Waals surface area contributed by atoms with Crippen LogP contribution in [0, 0.1) is 6.92 Å². The fourth-order valence-corrected chi connectivity index (χ4v) is 2.57. The molecule has 0 amide bonds. The normalized spacial score (nSPS) is 15.9. The van der Waals surface area contributed by atoms with Crippen molar-refractivity contribution >= 4 is 0 Å². The number of benzene rings is 1. The fourth-order valence-electron chi connectivity index (χ4n) is 2.57. The Kier molecular flexibility index (Phi) is 3.05. The van der Waals surface area contributed by atoms with Gasteiger partial charge in [0.2, 0.25) is 0 Å². The van der Waals surface area contributed by atoms with Crippen LogP contribution in [-0.4, -0.2) is 23.0 Å². The third-order valence-corrected chi connectivity index (χ3v) is 3.59. The second kappa shape index (κ2) is 4.84. The van der Waals surface area contributed by atoms with Crippen LogP contribution in [0.1, 0.15) is 25.0 Å². The number of rotatable bonds is 2. The lowest BCUT2D eigenvalue weighted by Gasteiger charge is -2.28. The third kappa shape index (κ3) is 2.13. The summed E-state index contributed by atoms with van der Waals surface area (Å²) in [4.78, 5) is 2.04. The SMILES string of the molecule is Cc1nn(N2CCCCC2)cc1-c1ccccc1. The van der Waals surface area contributed by atoms with Gasteiger partial charge in [-0.2, -0.15) is 9.89 Å². The molecule has 2 aromatic rings. The maximum absolute atomic E-state index is 4.65. The molecule has 3 rings (SSSR count). The molecule has 3 heteroatoms. The van der Waals surface area contributed by atoms with E-state index in [9.17, 15) is 0 Å². The number of aryl methyl sites for hydroxylation is 1. The second-order valence-electron chi connectivity index (χ2n) is 4.93. The molecule has 0 atom stereocenters. The van der Waals surface area contributed by atoms with Crippen molar-refractivity contribution in [2.45, 2.75) is 26.2 Å². The van der Waals surface area contributed by atoms with Crippen molar-refractivity contribution in [3.8, 4) is 11.1 Å². The first kappa shape index (κ1) is 11.3. The van der Waals surface area contributed by atoms with E-state index in [0.29, 0.717) is 0 Å². The van der Waals surface area contributed by atoms with Crippen molar-refractivity contribution in [3.63, 3.8) is 0 Å². The molecule has 94 valence electrons. The zero-order valence-corrected chi connectivity index (χ0v) is 10.8. The summed E-state index contributed by atoms with van der Waals surface area (Å²) in [6.07, 6.45) is 6.07. The first-order chi connectivity index (χ1) is 8.84. The van der Waals surface area contributed by atoms with Crippen LogP contribution in [0.3, 0.4) is 0 Å². The van der Waals surface area contributed by atoms with Crippen LogP contribution in [-0.2, 0) is 0 Å². The lowest BCUT2D eigenvalue weighted by atomic mass is 10.1. The van der Waals surface area contributed by atoms with E-state index in [1.807, 2.05) is 10.9 Å². The van der Waals surface area contributed by atoms with Crippen molar-refractivity contribution in [3.05, 3.63) is 42.2 Å². The average Bonchev–Trinajstić information content (AvgIpc) is 2.83. The Hall–Kier alpha value is -1.77. The Balaban J connectivity index is 1.91. The van der Waals surface area contributed by atoms with E-state index in [-0.39, 0.29) is 0 Å². The number of hydrogen-bond donors (Lipinski definition) is 0. The lowest BCUT2D eigenvalue weighted by Crippen LogP contribution is -2.39. The molecule has 0 saturated carbocycles. The summed E-state index contributed by atoms with van der Waals surface area (Å²) >= 11 is 0. The van der Waals surface area contributed by atoms with Crippen molar-refractivity contribution in [2.24, 2.45) is 0 Å². The highest BCUT2D eigenvalue weighted by Gasteiger charge is 2.14. The molecule has 1 aromatic carbocycles. The van der Waals surface area contributed by atoms with Crippen LogP contribution in [0.2, 0.25) is 0 Å². The van der Waals surface area contributed by atoms with Gasteiger partial charge in [0.1, 0.15) is 0 Å². The minimum absolute atomic E-state index is 1.10. The minimum Gasteiger partial charge on any atom is -0.297 e. The molecule has 1 aliphatic heterocycles. The molecule has 0 aliphatic carbocycles. The summed E-state index contributed by atoms with van der Waals surface area (Å²) in [5.74, 6) is 0. The van der Waals surface area contributed by atoms with Crippen LogP contribution in [0.5, 0.6) is 0 Å². The van der Waals surface area contributed by atoms with Crippen LogP contribution in [0.25, 0.3) is 11.1 Å².